The Labute approximate surface area is 102 Å². The number of rotatable bonds is 4. The SMILES string of the molecule is COC(=O)CC1CCCCN1C(=O)C(C)CN. The van der Waals surface area contributed by atoms with Gasteiger partial charge in [0.25, 0.3) is 0 Å². The Morgan fingerprint density at radius 3 is 2.76 bits per heavy atom. The molecule has 0 saturated carbocycles. The third-order valence-corrected chi connectivity index (χ3v) is 3.32. The standard InChI is InChI=1S/C12H22N2O3/c1-9(8-13)12(16)14-6-4-3-5-10(14)7-11(15)17-2/h9-10H,3-8,13H2,1-2H3. The number of hydrogen-bond acceptors (Lipinski definition) is 4. The van der Waals surface area contributed by atoms with Gasteiger partial charge in [-0.05, 0) is 19.3 Å². The van der Waals surface area contributed by atoms with Crippen LogP contribution in [0.1, 0.15) is 32.6 Å². The van der Waals surface area contributed by atoms with E-state index < -0.39 is 0 Å². The predicted molar refractivity (Wildman–Crippen MR) is 64.2 cm³/mol. The van der Waals surface area contributed by atoms with Crippen LogP contribution in [0.25, 0.3) is 0 Å². The molecule has 1 rings (SSSR count). The van der Waals surface area contributed by atoms with Gasteiger partial charge in [-0.3, -0.25) is 9.59 Å². The Morgan fingerprint density at radius 1 is 1.47 bits per heavy atom. The van der Waals surface area contributed by atoms with Crippen LogP contribution < -0.4 is 5.73 Å². The molecule has 1 saturated heterocycles. The highest BCUT2D eigenvalue weighted by Crippen LogP contribution is 2.21. The quantitative estimate of drug-likeness (QED) is 0.730. The van der Waals surface area contributed by atoms with Crippen LogP contribution in [0.15, 0.2) is 0 Å². The number of methoxy groups -OCH3 is 1. The van der Waals surface area contributed by atoms with E-state index in [4.69, 9.17) is 5.73 Å². The number of carbonyl (C=O) groups is 2. The lowest BCUT2D eigenvalue weighted by Gasteiger charge is -2.36. The summed E-state index contributed by atoms with van der Waals surface area (Å²) in [6.45, 7) is 2.90. The van der Waals surface area contributed by atoms with E-state index in [1.165, 1.54) is 7.11 Å². The Morgan fingerprint density at radius 2 is 2.18 bits per heavy atom. The first-order valence-corrected chi connectivity index (χ1v) is 6.17. The van der Waals surface area contributed by atoms with E-state index in [9.17, 15) is 9.59 Å². The average molecular weight is 242 g/mol. The van der Waals surface area contributed by atoms with Crippen LogP contribution in [0.3, 0.4) is 0 Å². The van der Waals surface area contributed by atoms with E-state index in [-0.39, 0.29) is 23.8 Å². The Balaban J connectivity index is 2.65. The van der Waals surface area contributed by atoms with E-state index in [1.807, 2.05) is 6.92 Å². The Bertz CT molecular complexity index is 281. The minimum absolute atomic E-state index is 0.0160. The third-order valence-electron chi connectivity index (χ3n) is 3.32. The average Bonchev–Trinajstić information content (AvgIpc) is 2.37. The fourth-order valence-electron chi connectivity index (χ4n) is 2.16. The van der Waals surface area contributed by atoms with Crippen molar-refractivity contribution in [2.24, 2.45) is 11.7 Å². The predicted octanol–water partition coefficient (Wildman–Crippen LogP) is 0.525. The first-order chi connectivity index (χ1) is 8.10. The fraction of sp³-hybridized carbons (Fsp3) is 0.833. The molecule has 0 aromatic heterocycles. The third kappa shape index (κ3) is 3.70. The number of piperidine rings is 1. The van der Waals surface area contributed by atoms with Crippen LogP contribution in [0.4, 0.5) is 0 Å². The summed E-state index contributed by atoms with van der Waals surface area (Å²) in [5.74, 6) is -0.371. The lowest BCUT2D eigenvalue weighted by Crippen LogP contribution is -2.48. The molecule has 0 aliphatic carbocycles. The first kappa shape index (κ1) is 14.0. The van der Waals surface area contributed by atoms with Gasteiger partial charge in [-0.25, -0.2) is 0 Å². The second-order valence-corrected chi connectivity index (χ2v) is 4.60. The summed E-state index contributed by atoms with van der Waals surface area (Å²) in [6, 6.07) is -0.0160. The summed E-state index contributed by atoms with van der Waals surface area (Å²) in [5, 5.41) is 0. The maximum Gasteiger partial charge on any atom is 0.307 e. The van der Waals surface area contributed by atoms with E-state index in [2.05, 4.69) is 4.74 Å². The van der Waals surface area contributed by atoms with Gasteiger partial charge in [-0.1, -0.05) is 6.92 Å². The smallest absolute Gasteiger partial charge is 0.307 e. The molecule has 5 heteroatoms. The number of nitrogens with zero attached hydrogens (tertiary/aromatic N) is 1. The van der Waals surface area contributed by atoms with Gasteiger partial charge in [0.15, 0.2) is 0 Å². The van der Waals surface area contributed by atoms with E-state index in [0.29, 0.717) is 13.0 Å². The molecule has 0 spiro atoms. The molecule has 5 nitrogen and oxygen atoms in total. The number of nitrogens with two attached hydrogens (primary N) is 1. The molecular formula is C12H22N2O3. The summed E-state index contributed by atoms with van der Waals surface area (Å²) < 4.78 is 4.67. The number of hydrogen-bond donors (Lipinski definition) is 1. The van der Waals surface area contributed by atoms with E-state index in [1.54, 1.807) is 4.90 Å². The largest absolute Gasteiger partial charge is 0.469 e. The van der Waals surface area contributed by atoms with Gasteiger partial charge >= 0.3 is 5.97 Å². The van der Waals surface area contributed by atoms with Crippen LogP contribution >= 0.6 is 0 Å². The molecule has 0 radical (unpaired) electrons. The van der Waals surface area contributed by atoms with Crippen LogP contribution in [-0.2, 0) is 14.3 Å². The van der Waals surface area contributed by atoms with Gasteiger partial charge in [0.1, 0.15) is 0 Å². The van der Waals surface area contributed by atoms with Crippen molar-refractivity contribution in [2.75, 3.05) is 20.2 Å². The first-order valence-electron chi connectivity index (χ1n) is 6.17. The van der Waals surface area contributed by atoms with Crippen LogP contribution in [0.2, 0.25) is 0 Å². The van der Waals surface area contributed by atoms with Crippen LogP contribution in [0, 0.1) is 5.92 Å². The highest BCUT2D eigenvalue weighted by Gasteiger charge is 2.30. The summed E-state index contributed by atoms with van der Waals surface area (Å²) in [6.07, 6.45) is 3.22. The van der Waals surface area contributed by atoms with Crippen molar-refractivity contribution in [3.8, 4) is 0 Å². The zero-order valence-electron chi connectivity index (χ0n) is 10.6. The van der Waals surface area contributed by atoms with Crippen molar-refractivity contribution in [1.82, 2.24) is 4.90 Å². The lowest BCUT2D eigenvalue weighted by molar-refractivity contribution is -0.145. The fourth-order valence-corrected chi connectivity index (χ4v) is 2.16. The molecular weight excluding hydrogens is 220 g/mol. The van der Waals surface area contributed by atoms with Crippen molar-refractivity contribution in [2.45, 2.75) is 38.6 Å². The molecule has 0 bridgehead atoms. The lowest BCUT2D eigenvalue weighted by atomic mass is 9.97. The topological polar surface area (TPSA) is 72.6 Å². The van der Waals surface area contributed by atoms with Crippen LogP contribution in [-0.4, -0.2) is 43.0 Å². The van der Waals surface area contributed by atoms with E-state index >= 15 is 0 Å². The van der Waals surface area contributed by atoms with Gasteiger partial charge in [0.05, 0.1) is 13.5 Å². The normalized spacial score (nSPS) is 22.1. The molecule has 1 aliphatic rings. The summed E-state index contributed by atoms with van der Waals surface area (Å²) >= 11 is 0. The highest BCUT2D eigenvalue weighted by molar-refractivity contribution is 5.80. The molecule has 1 aliphatic heterocycles. The van der Waals surface area contributed by atoms with Gasteiger partial charge in [-0.15, -0.1) is 0 Å². The maximum atomic E-state index is 12.1. The zero-order valence-corrected chi connectivity index (χ0v) is 10.6. The second kappa shape index (κ2) is 6.59. The highest BCUT2D eigenvalue weighted by atomic mass is 16.5. The molecule has 1 fully saturated rings. The summed E-state index contributed by atoms with van der Waals surface area (Å²) in [5.41, 5.74) is 5.51. The molecule has 1 amide bonds. The minimum atomic E-state index is -0.255. The van der Waals surface area contributed by atoms with Crippen LogP contribution in [0.5, 0.6) is 0 Å². The molecule has 2 N–H and O–H groups in total. The summed E-state index contributed by atoms with van der Waals surface area (Å²) in [7, 11) is 1.37. The molecule has 17 heavy (non-hydrogen) atoms. The van der Waals surface area contributed by atoms with E-state index in [0.717, 1.165) is 25.8 Å². The second-order valence-electron chi connectivity index (χ2n) is 4.60. The molecule has 1 heterocycles. The van der Waals surface area contributed by atoms with Crippen molar-refractivity contribution in [3.05, 3.63) is 0 Å². The maximum absolute atomic E-state index is 12.1. The van der Waals surface area contributed by atoms with Gasteiger partial charge in [-0.2, -0.15) is 0 Å². The van der Waals surface area contributed by atoms with Gasteiger partial charge in [0.2, 0.25) is 5.91 Å². The molecule has 2 atom stereocenters. The van der Waals surface area contributed by atoms with Gasteiger partial charge in [0, 0.05) is 25.0 Å². The monoisotopic (exact) mass is 242 g/mol. The Hall–Kier alpha value is -1.10. The number of esters is 1. The number of likely N-dealkylation sites (tertiary alicyclic amines) is 1. The number of ether oxygens (including phenoxy) is 1. The molecule has 98 valence electrons. The summed E-state index contributed by atoms with van der Waals surface area (Å²) in [4.78, 5) is 25.2. The zero-order chi connectivity index (χ0) is 12.8. The number of amides is 1. The van der Waals surface area contributed by atoms with Gasteiger partial charge < -0.3 is 15.4 Å². The van der Waals surface area contributed by atoms with Crippen molar-refractivity contribution >= 4 is 11.9 Å². The van der Waals surface area contributed by atoms with Crippen molar-refractivity contribution in [3.63, 3.8) is 0 Å². The Kier molecular flexibility index (Phi) is 5.41. The van der Waals surface area contributed by atoms with Crippen molar-refractivity contribution < 1.29 is 14.3 Å². The molecule has 0 aromatic carbocycles. The minimum Gasteiger partial charge on any atom is -0.469 e. The molecule has 2 unspecified atom stereocenters. The molecule has 0 aromatic rings. The van der Waals surface area contributed by atoms with Crippen molar-refractivity contribution in [1.29, 1.82) is 0 Å². The number of carbonyl (C=O) groups excluding carboxylic acids is 2.